The minimum Gasteiger partial charge on any atom is -0.131 e. The highest BCUT2D eigenvalue weighted by molar-refractivity contribution is 5.73. The van der Waals surface area contributed by atoms with Crippen LogP contribution in [0.4, 0.5) is 0 Å². The predicted octanol–water partition coefficient (Wildman–Crippen LogP) is 5.17. The van der Waals surface area contributed by atoms with Crippen molar-refractivity contribution in [2.45, 2.75) is 11.3 Å². The minimum atomic E-state index is -0.264. The number of hydrogen-bond acceptors (Lipinski definition) is 0. The molecule has 0 amide bonds. The molecule has 3 aliphatic carbocycles. The molecule has 0 heterocycles. The lowest BCUT2D eigenvalue weighted by Gasteiger charge is -2.49. The second-order valence-corrected chi connectivity index (χ2v) is 6.35. The molecule has 0 nitrogen and oxygen atoms in total. The van der Waals surface area contributed by atoms with E-state index < -0.39 is 0 Å². The van der Waals surface area contributed by atoms with Crippen LogP contribution in [0.1, 0.15) is 39.3 Å². The molecule has 0 unspecified atom stereocenters. The molecule has 0 heteroatoms. The normalized spacial score (nSPS) is 22.5. The summed E-state index contributed by atoms with van der Waals surface area (Å²) in [5.74, 6) is 0.332. The first-order valence-corrected chi connectivity index (χ1v) is 8.03. The fraction of sp³-hybridized carbons (Fsp3) is 0.0870. The SMILES string of the molecule is C=C=CC12c3ccccc3C(c3ccccc31)c1ccccc12. The lowest BCUT2D eigenvalue weighted by Crippen LogP contribution is -2.40. The van der Waals surface area contributed by atoms with Crippen LogP contribution in [-0.4, -0.2) is 0 Å². The molecule has 3 aromatic rings. The van der Waals surface area contributed by atoms with Crippen molar-refractivity contribution in [3.63, 3.8) is 0 Å². The summed E-state index contributed by atoms with van der Waals surface area (Å²) >= 11 is 0. The molecule has 3 aromatic carbocycles. The lowest BCUT2D eigenvalue weighted by molar-refractivity contribution is 0.649. The van der Waals surface area contributed by atoms with Crippen LogP contribution >= 0.6 is 0 Å². The van der Waals surface area contributed by atoms with E-state index in [1.165, 1.54) is 33.4 Å². The molecule has 0 N–H and O–H groups in total. The number of benzene rings is 3. The van der Waals surface area contributed by atoms with Gasteiger partial charge >= 0.3 is 0 Å². The molecule has 0 saturated heterocycles. The minimum absolute atomic E-state index is 0.264. The lowest BCUT2D eigenvalue weighted by atomic mass is 9.53. The summed E-state index contributed by atoms with van der Waals surface area (Å²) in [5, 5.41) is 0. The topological polar surface area (TPSA) is 0 Å². The second-order valence-electron chi connectivity index (χ2n) is 6.35. The van der Waals surface area contributed by atoms with Gasteiger partial charge in [0, 0.05) is 5.92 Å². The second kappa shape index (κ2) is 4.35. The van der Waals surface area contributed by atoms with Gasteiger partial charge in [-0.2, -0.15) is 0 Å². The average molecular weight is 292 g/mol. The maximum absolute atomic E-state index is 3.90. The Kier molecular flexibility index (Phi) is 2.40. The molecule has 2 bridgehead atoms. The Hall–Kier alpha value is -2.82. The number of allylic oxidation sites excluding steroid dienone is 1. The van der Waals surface area contributed by atoms with Gasteiger partial charge in [-0.1, -0.05) is 79.4 Å². The van der Waals surface area contributed by atoms with E-state index >= 15 is 0 Å². The smallest absolute Gasteiger partial charge is 0.0714 e. The number of rotatable bonds is 1. The third-order valence-corrected chi connectivity index (χ3v) is 5.41. The van der Waals surface area contributed by atoms with Gasteiger partial charge in [0.1, 0.15) is 0 Å². The van der Waals surface area contributed by atoms with E-state index in [0.717, 1.165) is 0 Å². The zero-order chi connectivity index (χ0) is 15.4. The Morgan fingerprint density at radius 3 is 1.48 bits per heavy atom. The molecule has 108 valence electrons. The van der Waals surface area contributed by atoms with Crippen molar-refractivity contribution in [1.29, 1.82) is 0 Å². The Bertz CT molecular complexity index is 870. The largest absolute Gasteiger partial charge is 0.131 e. The van der Waals surface area contributed by atoms with Crippen molar-refractivity contribution in [1.82, 2.24) is 0 Å². The third kappa shape index (κ3) is 1.37. The van der Waals surface area contributed by atoms with Crippen LogP contribution in [0.15, 0.2) is 91.2 Å². The van der Waals surface area contributed by atoms with E-state index in [-0.39, 0.29) is 5.41 Å². The predicted molar refractivity (Wildman–Crippen MR) is 93.9 cm³/mol. The molecule has 0 radical (unpaired) electrons. The molecule has 23 heavy (non-hydrogen) atoms. The summed E-state index contributed by atoms with van der Waals surface area (Å²) in [6.45, 7) is 3.90. The van der Waals surface area contributed by atoms with Gasteiger partial charge in [-0.05, 0) is 39.5 Å². The molecule has 6 rings (SSSR count). The zero-order valence-corrected chi connectivity index (χ0v) is 12.8. The molecule has 0 aliphatic heterocycles. The van der Waals surface area contributed by atoms with Crippen LogP contribution in [0.25, 0.3) is 0 Å². The van der Waals surface area contributed by atoms with Gasteiger partial charge in [-0.25, -0.2) is 0 Å². The number of hydrogen-bond donors (Lipinski definition) is 0. The Morgan fingerprint density at radius 1 is 0.696 bits per heavy atom. The van der Waals surface area contributed by atoms with Crippen molar-refractivity contribution in [3.8, 4) is 0 Å². The zero-order valence-electron chi connectivity index (χ0n) is 12.8. The maximum Gasteiger partial charge on any atom is 0.0714 e. The molecule has 0 spiro atoms. The summed E-state index contributed by atoms with van der Waals surface area (Å²) in [6, 6.07) is 26.5. The highest BCUT2D eigenvalue weighted by Gasteiger charge is 2.49. The molecule has 3 aliphatic rings. The van der Waals surface area contributed by atoms with E-state index in [4.69, 9.17) is 0 Å². The van der Waals surface area contributed by atoms with Gasteiger partial charge in [0.15, 0.2) is 0 Å². The summed E-state index contributed by atoms with van der Waals surface area (Å²) < 4.78 is 0. The highest BCUT2D eigenvalue weighted by atomic mass is 14.5. The van der Waals surface area contributed by atoms with E-state index in [1.54, 1.807) is 0 Å². The van der Waals surface area contributed by atoms with E-state index in [0.29, 0.717) is 5.92 Å². The monoisotopic (exact) mass is 292 g/mol. The van der Waals surface area contributed by atoms with Crippen LogP contribution in [0.2, 0.25) is 0 Å². The summed E-state index contributed by atoms with van der Waals surface area (Å²) in [6.07, 6.45) is 2.15. The van der Waals surface area contributed by atoms with Crippen LogP contribution in [0, 0.1) is 0 Å². The van der Waals surface area contributed by atoms with Gasteiger partial charge in [-0.15, -0.1) is 5.73 Å². The van der Waals surface area contributed by atoms with Crippen LogP contribution < -0.4 is 0 Å². The van der Waals surface area contributed by atoms with Crippen molar-refractivity contribution < 1.29 is 0 Å². The van der Waals surface area contributed by atoms with E-state index in [9.17, 15) is 0 Å². The maximum atomic E-state index is 3.90. The molecular weight excluding hydrogens is 276 g/mol. The first-order chi connectivity index (χ1) is 11.4. The van der Waals surface area contributed by atoms with E-state index in [2.05, 4.69) is 91.2 Å². The first-order valence-electron chi connectivity index (χ1n) is 8.03. The fourth-order valence-electron chi connectivity index (χ4n) is 4.65. The summed E-state index contributed by atoms with van der Waals surface area (Å²) in [4.78, 5) is 0. The summed E-state index contributed by atoms with van der Waals surface area (Å²) in [7, 11) is 0. The Labute approximate surface area is 136 Å². The fourth-order valence-corrected chi connectivity index (χ4v) is 4.65. The van der Waals surface area contributed by atoms with Crippen LogP contribution in [-0.2, 0) is 5.41 Å². The summed E-state index contributed by atoms with van der Waals surface area (Å²) in [5.41, 5.74) is 11.2. The third-order valence-electron chi connectivity index (χ3n) is 5.41. The average Bonchev–Trinajstić information content (AvgIpc) is 2.62. The van der Waals surface area contributed by atoms with Gasteiger partial charge in [0.05, 0.1) is 5.41 Å². The highest BCUT2D eigenvalue weighted by Crippen LogP contribution is 2.59. The van der Waals surface area contributed by atoms with Crippen molar-refractivity contribution in [3.05, 3.63) is 125 Å². The quantitative estimate of drug-likeness (QED) is 0.543. The van der Waals surface area contributed by atoms with Crippen LogP contribution in [0.3, 0.4) is 0 Å². The van der Waals surface area contributed by atoms with Crippen LogP contribution in [0.5, 0.6) is 0 Å². The Morgan fingerprint density at radius 2 is 1.09 bits per heavy atom. The van der Waals surface area contributed by atoms with E-state index in [1.807, 2.05) is 0 Å². The first kappa shape index (κ1) is 12.7. The molecule has 0 atom stereocenters. The van der Waals surface area contributed by atoms with Crippen molar-refractivity contribution >= 4 is 0 Å². The van der Waals surface area contributed by atoms with Gasteiger partial charge < -0.3 is 0 Å². The standard InChI is InChI=1S/C23H16/c1-2-15-23-19-12-6-3-9-16(19)22(17-10-4-7-13-20(17)23)18-11-5-8-14-21(18)23/h3-15,22H,1H2. The van der Waals surface area contributed by atoms with Gasteiger partial charge in [0.25, 0.3) is 0 Å². The molecular formula is C23H16. The van der Waals surface area contributed by atoms with Gasteiger partial charge in [-0.3, -0.25) is 0 Å². The molecule has 0 saturated carbocycles. The van der Waals surface area contributed by atoms with Crippen molar-refractivity contribution in [2.75, 3.05) is 0 Å². The molecule has 0 aromatic heterocycles. The van der Waals surface area contributed by atoms with Gasteiger partial charge in [0.2, 0.25) is 0 Å². The van der Waals surface area contributed by atoms with Crippen molar-refractivity contribution in [2.24, 2.45) is 0 Å². The Balaban J connectivity index is 2.04. The molecule has 0 fully saturated rings.